The van der Waals surface area contributed by atoms with Crippen LogP contribution in [0.1, 0.15) is 19.8 Å². The predicted molar refractivity (Wildman–Crippen MR) is 86.3 cm³/mol. The van der Waals surface area contributed by atoms with Crippen molar-refractivity contribution in [3.05, 3.63) is 18.3 Å². The molecule has 128 valence electrons. The molecule has 0 aromatic carbocycles. The summed E-state index contributed by atoms with van der Waals surface area (Å²) < 4.78 is 47.8. The van der Waals surface area contributed by atoms with Crippen molar-refractivity contribution >= 4 is 37.5 Å². The van der Waals surface area contributed by atoms with E-state index in [4.69, 9.17) is 0 Å². The molecule has 0 saturated heterocycles. The standard InChI is InChI=1S/C12H18N4O5S2/c1-3-4-7-14-12(17)15-23(20,21)11-10(6-5-8-13-11)16(2)9-22(18)19/h5-6,8-9H,3-4,7H2,1-2H3,(H2,14,15,17). The number of anilines is 1. The minimum Gasteiger partial charge on any atom is -0.337 e. The average molecular weight is 362 g/mol. The number of rotatable bonds is 7. The highest BCUT2D eigenvalue weighted by Crippen LogP contribution is 2.20. The SMILES string of the molecule is CCCCNC(=O)NS(=O)(=O)c1ncccc1N(C)C=S(=O)=O. The molecule has 0 bridgehead atoms. The van der Waals surface area contributed by atoms with E-state index in [-0.39, 0.29) is 5.69 Å². The van der Waals surface area contributed by atoms with Crippen molar-refractivity contribution in [1.82, 2.24) is 15.0 Å². The number of unbranched alkanes of at least 4 members (excludes halogenated alkanes) is 1. The summed E-state index contributed by atoms with van der Waals surface area (Å²) in [6, 6.07) is 1.96. The van der Waals surface area contributed by atoms with Crippen LogP contribution in [0, 0.1) is 0 Å². The summed E-state index contributed by atoms with van der Waals surface area (Å²) in [5.74, 6) is 0. The molecule has 9 nitrogen and oxygen atoms in total. The third-order valence-corrected chi connectivity index (χ3v) is 4.44. The second-order valence-corrected chi connectivity index (χ2v) is 6.85. The van der Waals surface area contributed by atoms with Crippen LogP contribution < -0.4 is 14.9 Å². The van der Waals surface area contributed by atoms with E-state index >= 15 is 0 Å². The number of urea groups is 1. The number of carbonyl (C=O) groups excluding carboxylic acids is 1. The van der Waals surface area contributed by atoms with Gasteiger partial charge in [0.2, 0.25) is 10.3 Å². The average Bonchev–Trinajstić information content (AvgIpc) is 2.46. The molecule has 2 amide bonds. The van der Waals surface area contributed by atoms with Gasteiger partial charge in [-0.25, -0.2) is 14.5 Å². The number of nitrogens with zero attached hydrogens (tertiary/aromatic N) is 2. The first-order valence-electron chi connectivity index (χ1n) is 6.69. The van der Waals surface area contributed by atoms with Gasteiger partial charge in [-0.3, -0.25) is 0 Å². The summed E-state index contributed by atoms with van der Waals surface area (Å²) in [5.41, 5.74) is 0.808. The van der Waals surface area contributed by atoms with E-state index in [2.05, 4.69) is 10.3 Å². The highest BCUT2D eigenvalue weighted by Gasteiger charge is 2.24. The third-order valence-electron chi connectivity index (χ3n) is 2.67. The van der Waals surface area contributed by atoms with Gasteiger partial charge in [0.1, 0.15) is 5.49 Å². The van der Waals surface area contributed by atoms with Crippen LogP contribution >= 0.6 is 0 Å². The highest BCUT2D eigenvalue weighted by atomic mass is 32.2. The van der Waals surface area contributed by atoms with Crippen molar-refractivity contribution in [1.29, 1.82) is 0 Å². The summed E-state index contributed by atoms with van der Waals surface area (Å²) in [4.78, 5) is 16.4. The van der Waals surface area contributed by atoms with Gasteiger partial charge in [0, 0.05) is 19.8 Å². The molecular formula is C12H18N4O5S2. The lowest BCUT2D eigenvalue weighted by Gasteiger charge is -2.16. The van der Waals surface area contributed by atoms with E-state index in [1.165, 1.54) is 25.4 Å². The molecule has 0 aliphatic heterocycles. The Balaban J connectivity index is 3.05. The number of pyridine rings is 1. The molecule has 0 saturated carbocycles. The first-order chi connectivity index (χ1) is 10.8. The summed E-state index contributed by atoms with van der Waals surface area (Å²) in [5, 5.41) is 1.96. The maximum absolute atomic E-state index is 12.3. The van der Waals surface area contributed by atoms with Gasteiger partial charge in [0.05, 0.1) is 5.69 Å². The van der Waals surface area contributed by atoms with E-state index in [0.717, 1.165) is 23.2 Å². The van der Waals surface area contributed by atoms with Crippen LogP contribution in [0.15, 0.2) is 23.4 Å². The van der Waals surface area contributed by atoms with E-state index in [1.54, 1.807) is 0 Å². The first kappa shape index (κ1) is 18.9. The molecule has 23 heavy (non-hydrogen) atoms. The Morgan fingerprint density at radius 3 is 2.74 bits per heavy atom. The van der Waals surface area contributed by atoms with Crippen LogP contribution in [0.25, 0.3) is 0 Å². The van der Waals surface area contributed by atoms with Crippen LogP contribution in [0.2, 0.25) is 0 Å². The van der Waals surface area contributed by atoms with Crippen LogP contribution in [-0.2, 0) is 20.3 Å². The molecule has 0 fully saturated rings. The molecule has 0 unspecified atom stereocenters. The minimum absolute atomic E-state index is 0.0190. The third kappa shape index (κ3) is 5.87. The molecule has 0 aliphatic rings. The Kier molecular flexibility index (Phi) is 6.97. The lowest BCUT2D eigenvalue weighted by atomic mass is 10.3. The van der Waals surface area contributed by atoms with Gasteiger partial charge in [-0.2, -0.15) is 16.8 Å². The van der Waals surface area contributed by atoms with E-state index in [0.29, 0.717) is 6.54 Å². The molecular weight excluding hydrogens is 344 g/mol. The Morgan fingerprint density at radius 2 is 2.13 bits per heavy atom. The number of sulfonamides is 1. The molecule has 1 aromatic rings. The zero-order valence-electron chi connectivity index (χ0n) is 12.7. The van der Waals surface area contributed by atoms with Crippen molar-refractivity contribution in [2.45, 2.75) is 24.8 Å². The van der Waals surface area contributed by atoms with Crippen molar-refractivity contribution in [2.75, 3.05) is 18.5 Å². The van der Waals surface area contributed by atoms with Crippen molar-refractivity contribution < 1.29 is 21.6 Å². The maximum Gasteiger partial charge on any atom is 0.328 e. The molecule has 0 aliphatic carbocycles. The van der Waals surface area contributed by atoms with Gasteiger partial charge in [0.25, 0.3) is 10.0 Å². The second kappa shape index (κ2) is 8.48. The van der Waals surface area contributed by atoms with E-state index in [9.17, 15) is 21.6 Å². The molecule has 1 heterocycles. The first-order valence-corrected chi connectivity index (χ1v) is 9.31. The number of amides is 2. The zero-order valence-corrected chi connectivity index (χ0v) is 14.3. The number of hydrogen-bond acceptors (Lipinski definition) is 6. The normalized spacial score (nSPS) is 10.7. The Morgan fingerprint density at radius 1 is 1.43 bits per heavy atom. The Labute approximate surface area is 136 Å². The van der Waals surface area contributed by atoms with Gasteiger partial charge >= 0.3 is 6.03 Å². The lowest BCUT2D eigenvalue weighted by Crippen LogP contribution is -2.40. The monoisotopic (exact) mass is 362 g/mol. The molecule has 1 rings (SSSR count). The summed E-state index contributed by atoms with van der Waals surface area (Å²) in [6.07, 6.45) is 2.80. The van der Waals surface area contributed by atoms with Gasteiger partial charge in [-0.15, -0.1) is 0 Å². The fraction of sp³-hybridized carbons (Fsp3) is 0.417. The van der Waals surface area contributed by atoms with Gasteiger partial charge in [-0.05, 0) is 18.6 Å². The zero-order chi connectivity index (χ0) is 17.5. The second-order valence-electron chi connectivity index (χ2n) is 4.52. The summed E-state index contributed by atoms with van der Waals surface area (Å²) >= 11 is 0. The van der Waals surface area contributed by atoms with E-state index < -0.39 is 31.4 Å². The van der Waals surface area contributed by atoms with Crippen LogP contribution in [0.3, 0.4) is 0 Å². The molecule has 2 N–H and O–H groups in total. The molecule has 0 atom stereocenters. The topological polar surface area (TPSA) is 126 Å². The minimum atomic E-state index is -4.24. The fourth-order valence-electron chi connectivity index (χ4n) is 1.63. The van der Waals surface area contributed by atoms with Crippen LogP contribution in [-0.4, -0.2) is 46.9 Å². The maximum atomic E-state index is 12.3. The number of hydrogen-bond donors (Lipinski definition) is 2. The van der Waals surface area contributed by atoms with E-state index in [1.807, 2.05) is 11.6 Å². The highest BCUT2D eigenvalue weighted by molar-refractivity contribution is 7.90. The molecule has 0 spiro atoms. The number of carbonyl (C=O) groups is 1. The smallest absolute Gasteiger partial charge is 0.328 e. The molecule has 1 aromatic heterocycles. The number of nitrogens with one attached hydrogen (secondary N) is 2. The summed E-state index contributed by atoms with van der Waals surface area (Å²) in [7, 11) is -5.41. The van der Waals surface area contributed by atoms with Gasteiger partial charge < -0.3 is 10.2 Å². The fourth-order valence-corrected chi connectivity index (χ4v) is 3.10. The summed E-state index contributed by atoms with van der Waals surface area (Å²) in [6.45, 7) is 2.28. The van der Waals surface area contributed by atoms with Crippen molar-refractivity contribution in [3.8, 4) is 0 Å². The van der Waals surface area contributed by atoms with Gasteiger partial charge in [0.15, 0.2) is 5.03 Å². The predicted octanol–water partition coefficient (Wildman–Crippen LogP) is -0.0554. The van der Waals surface area contributed by atoms with Crippen LogP contribution in [0.5, 0.6) is 0 Å². The Bertz CT molecular complexity index is 781. The largest absolute Gasteiger partial charge is 0.337 e. The van der Waals surface area contributed by atoms with Crippen molar-refractivity contribution in [2.24, 2.45) is 0 Å². The lowest BCUT2D eigenvalue weighted by molar-refractivity contribution is 0.245. The number of aromatic nitrogens is 1. The quantitative estimate of drug-likeness (QED) is 0.514. The van der Waals surface area contributed by atoms with Gasteiger partial charge in [-0.1, -0.05) is 13.3 Å². The molecule has 11 heteroatoms. The molecule has 0 radical (unpaired) electrons. The Hall–Kier alpha value is -2.14. The van der Waals surface area contributed by atoms with Crippen LogP contribution in [0.4, 0.5) is 10.5 Å². The van der Waals surface area contributed by atoms with Crippen molar-refractivity contribution in [3.63, 3.8) is 0 Å².